The van der Waals surface area contributed by atoms with Crippen molar-refractivity contribution in [1.29, 1.82) is 0 Å². The molecule has 2 heterocycles. The Kier molecular flexibility index (Phi) is 6.32. The van der Waals surface area contributed by atoms with Crippen molar-refractivity contribution in [2.24, 2.45) is 5.92 Å². The van der Waals surface area contributed by atoms with E-state index in [9.17, 15) is 14.4 Å². The van der Waals surface area contributed by atoms with Crippen molar-refractivity contribution in [2.75, 3.05) is 26.7 Å². The summed E-state index contributed by atoms with van der Waals surface area (Å²) in [4.78, 5) is 37.7. The summed E-state index contributed by atoms with van der Waals surface area (Å²) in [6, 6.07) is 7.20. The second kappa shape index (κ2) is 8.88. The standard InChI is InChI=1S/C20H27N3O4/c1-27-16-4-2-3-15(11-16)12-19(25)23-9-7-14(8-10-23)13-21-20(26)17-5-6-18(24)22-17/h2-4,11,14,17H,5-10,12-13H2,1H3,(H,21,26)(H,22,24). The molecule has 2 saturated heterocycles. The molecule has 0 saturated carbocycles. The van der Waals surface area contributed by atoms with E-state index in [0.29, 0.717) is 44.8 Å². The smallest absolute Gasteiger partial charge is 0.242 e. The van der Waals surface area contributed by atoms with Gasteiger partial charge in [0, 0.05) is 26.1 Å². The van der Waals surface area contributed by atoms with Gasteiger partial charge in [-0.3, -0.25) is 14.4 Å². The molecule has 2 aliphatic rings. The minimum atomic E-state index is -0.387. The summed E-state index contributed by atoms with van der Waals surface area (Å²) in [6.07, 6.45) is 3.12. The van der Waals surface area contributed by atoms with Crippen LogP contribution in [0.25, 0.3) is 0 Å². The fraction of sp³-hybridized carbons (Fsp3) is 0.550. The highest BCUT2D eigenvalue weighted by molar-refractivity contribution is 5.90. The Bertz CT molecular complexity index is 698. The fourth-order valence-electron chi connectivity index (χ4n) is 3.63. The maximum atomic E-state index is 12.5. The first-order valence-corrected chi connectivity index (χ1v) is 9.53. The van der Waals surface area contributed by atoms with Crippen LogP contribution in [-0.4, -0.2) is 55.4 Å². The molecule has 3 amide bonds. The lowest BCUT2D eigenvalue weighted by molar-refractivity contribution is -0.132. The van der Waals surface area contributed by atoms with Crippen LogP contribution >= 0.6 is 0 Å². The lowest BCUT2D eigenvalue weighted by atomic mass is 9.96. The van der Waals surface area contributed by atoms with Crippen LogP contribution in [0.1, 0.15) is 31.2 Å². The van der Waals surface area contributed by atoms with Crippen molar-refractivity contribution in [1.82, 2.24) is 15.5 Å². The summed E-state index contributed by atoms with van der Waals surface area (Å²) < 4.78 is 5.20. The van der Waals surface area contributed by atoms with Gasteiger partial charge < -0.3 is 20.3 Å². The third-order valence-electron chi connectivity index (χ3n) is 5.33. The van der Waals surface area contributed by atoms with Crippen molar-refractivity contribution in [2.45, 2.75) is 38.1 Å². The van der Waals surface area contributed by atoms with Gasteiger partial charge in [-0.2, -0.15) is 0 Å². The van der Waals surface area contributed by atoms with E-state index in [1.165, 1.54) is 0 Å². The number of hydrogen-bond donors (Lipinski definition) is 2. The Balaban J connectivity index is 1.39. The van der Waals surface area contributed by atoms with Crippen LogP contribution < -0.4 is 15.4 Å². The van der Waals surface area contributed by atoms with Crippen LogP contribution in [0.5, 0.6) is 5.75 Å². The lowest BCUT2D eigenvalue weighted by Gasteiger charge is -2.32. The Morgan fingerprint density at radius 3 is 2.70 bits per heavy atom. The van der Waals surface area contributed by atoms with Gasteiger partial charge >= 0.3 is 0 Å². The zero-order valence-electron chi connectivity index (χ0n) is 15.7. The van der Waals surface area contributed by atoms with Crippen molar-refractivity contribution in [3.63, 3.8) is 0 Å². The van der Waals surface area contributed by atoms with E-state index in [2.05, 4.69) is 10.6 Å². The van der Waals surface area contributed by atoms with Crippen LogP contribution in [0.3, 0.4) is 0 Å². The molecule has 0 aromatic heterocycles. The number of nitrogens with zero attached hydrogens (tertiary/aromatic N) is 1. The maximum Gasteiger partial charge on any atom is 0.242 e. The van der Waals surface area contributed by atoms with Crippen LogP contribution in [0.4, 0.5) is 0 Å². The molecule has 7 nitrogen and oxygen atoms in total. The average Bonchev–Trinajstić information content (AvgIpc) is 3.13. The Hall–Kier alpha value is -2.57. The van der Waals surface area contributed by atoms with Crippen LogP contribution in [0.15, 0.2) is 24.3 Å². The molecule has 1 atom stereocenters. The van der Waals surface area contributed by atoms with Crippen molar-refractivity contribution < 1.29 is 19.1 Å². The Labute approximate surface area is 159 Å². The SMILES string of the molecule is COc1cccc(CC(=O)N2CCC(CNC(=O)C3CCC(=O)N3)CC2)c1. The predicted octanol–water partition coefficient (Wildman–Crippen LogP) is 0.871. The van der Waals surface area contributed by atoms with Gasteiger partial charge in [0.15, 0.2) is 0 Å². The number of carbonyl (C=O) groups is 3. The first-order chi connectivity index (χ1) is 13.0. The fourth-order valence-corrected chi connectivity index (χ4v) is 3.63. The lowest BCUT2D eigenvalue weighted by Crippen LogP contribution is -2.45. The van der Waals surface area contributed by atoms with Gasteiger partial charge in [0.25, 0.3) is 0 Å². The Morgan fingerprint density at radius 2 is 2.04 bits per heavy atom. The summed E-state index contributed by atoms with van der Waals surface area (Å²) in [5.74, 6) is 1.09. The van der Waals surface area contributed by atoms with E-state index >= 15 is 0 Å². The molecule has 2 fully saturated rings. The molecule has 1 aromatic carbocycles. The van der Waals surface area contributed by atoms with Crippen LogP contribution in [-0.2, 0) is 20.8 Å². The Morgan fingerprint density at radius 1 is 1.26 bits per heavy atom. The molecule has 0 spiro atoms. The topological polar surface area (TPSA) is 87.7 Å². The second-order valence-electron chi connectivity index (χ2n) is 7.26. The summed E-state index contributed by atoms with van der Waals surface area (Å²) in [5.41, 5.74) is 0.951. The van der Waals surface area contributed by atoms with E-state index < -0.39 is 0 Å². The van der Waals surface area contributed by atoms with E-state index in [0.717, 1.165) is 24.2 Å². The first kappa shape index (κ1) is 19.2. The molecule has 3 rings (SSSR count). The van der Waals surface area contributed by atoms with Crippen molar-refractivity contribution in [3.05, 3.63) is 29.8 Å². The second-order valence-corrected chi connectivity index (χ2v) is 7.26. The van der Waals surface area contributed by atoms with Gasteiger partial charge in [0.1, 0.15) is 11.8 Å². The van der Waals surface area contributed by atoms with Crippen molar-refractivity contribution >= 4 is 17.7 Å². The number of methoxy groups -OCH3 is 1. The highest BCUT2D eigenvalue weighted by Crippen LogP contribution is 2.19. The summed E-state index contributed by atoms with van der Waals surface area (Å²) in [7, 11) is 1.62. The predicted molar refractivity (Wildman–Crippen MR) is 100 cm³/mol. The maximum absolute atomic E-state index is 12.5. The van der Waals surface area contributed by atoms with Crippen LogP contribution in [0, 0.1) is 5.92 Å². The van der Waals surface area contributed by atoms with E-state index in [-0.39, 0.29) is 23.8 Å². The zero-order valence-corrected chi connectivity index (χ0v) is 15.7. The zero-order chi connectivity index (χ0) is 19.2. The quantitative estimate of drug-likeness (QED) is 0.775. The number of carbonyl (C=O) groups excluding carboxylic acids is 3. The number of amides is 3. The number of benzene rings is 1. The summed E-state index contributed by atoms with van der Waals surface area (Å²) in [5, 5.41) is 5.62. The normalized spacial score (nSPS) is 20.3. The van der Waals surface area contributed by atoms with Gasteiger partial charge in [-0.05, 0) is 42.9 Å². The van der Waals surface area contributed by atoms with Gasteiger partial charge in [0.05, 0.1) is 13.5 Å². The van der Waals surface area contributed by atoms with Gasteiger partial charge in [-0.15, -0.1) is 0 Å². The number of likely N-dealkylation sites (tertiary alicyclic amines) is 1. The monoisotopic (exact) mass is 373 g/mol. The van der Waals surface area contributed by atoms with E-state index in [4.69, 9.17) is 4.74 Å². The van der Waals surface area contributed by atoms with Crippen molar-refractivity contribution in [3.8, 4) is 5.75 Å². The number of ether oxygens (including phenoxy) is 1. The van der Waals surface area contributed by atoms with Gasteiger partial charge in [0.2, 0.25) is 17.7 Å². The molecule has 2 N–H and O–H groups in total. The number of piperidine rings is 1. The molecule has 2 aliphatic heterocycles. The third-order valence-corrected chi connectivity index (χ3v) is 5.33. The molecular weight excluding hydrogens is 346 g/mol. The van der Waals surface area contributed by atoms with E-state index in [1.54, 1.807) is 7.11 Å². The number of hydrogen-bond acceptors (Lipinski definition) is 4. The number of rotatable bonds is 6. The van der Waals surface area contributed by atoms with Crippen LogP contribution in [0.2, 0.25) is 0 Å². The largest absolute Gasteiger partial charge is 0.497 e. The molecule has 27 heavy (non-hydrogen) atoms. The van der Waals surface area contributed by atoms with Gasteiger partial charge in [-0.25, -0.2) is 0 Å². The third kappa shape index (κ3) is 5.21. The molecule has 146 valence electrons. The summed E-state index contributed by atoms with van der Waals surface area (Å²) in [6.45, 7) is 2.02. The van der Waals surface area contributed by atoms with Gasteiger partial charge in [-0.1, -0.05) is 12.1 Å². The molecule has 1 aromatic rings. The van der Waals surface area contributed by atoms with E-state index in [1.807, 2.05) is 29.2 Å². The molecule has 1 unspecified atom stereocenters. The molecule has 0 bridgehead atoms. The average molecular weight is 373 g/mol. The minimum absolute atomic E-state index is 0.0574. The molecule has 0 radical (unpaired) electrons. The highest BCUT2D eigenvalue weighted by Gasteiger charge is 2.28. The molecule has 0 aliphatic carbocycles. The molecule has 7 heteroatoms. The number of nitrogens with one attached hydrogen (secondary N) is 2. The first-order valence-electron chi connectivity index (χ1n) is 9.53. The minimum Gasteiger partial charge on any atom is -0.497 e. The highest BCUT2D eigenvalue weighted by atomic mass is 16.5. The summed E-state index contributed by atoms with van der Waals surface area (Å²) >= 11 is 0. The molecular formula is C20H27N3O4.